The first-order chi connectivity index (χ1) is 7.13. The van der Waals surface area contributed by atoms with Gasteiger partial charge in [-0.15, -0.1) is 0 Å². The fraction of sp³-hybridized carbons (Fsp3) is 0.364. The number of carbonyl (C=O) groups is 1. The van der Waals surface area contributed by atoms with E-state index in [1.165, 1.54) is 18.2 Å². The van der Waals surface area contributed by atoms with Gasteiger partial charge in [0.15, 0.2) is 0 Å². The lowest BCUT2D eigenvalue weighted by atomic mass is 10.2. The molecule has 82 valence electrons. The van der Waals surface area contributed by atoms with Crippen LogP contribution < -0.4 is 4.74 Å². The Kier molecular flexibility index (Phi) is 4.09. The van der Waals surface area contributed by atoms with Crippen molar-refractivity contribution in [1.82, 2.24) is 0 Å². The van der Waals surface area contributed by atoms with Gasteiger partial charge >= 0.3 is 6.16 Å². The summed E-state index contributed by atoms with van der Waals surface area (Å²) in [5.74, 6) is -0.0423. The Hall–Kier alpha value is -1.58. The molecule has 0 spiro atoms. The standard InChI is InChI=1S/C11H13FO3/c1-3-6-14-11(13)15-9-4-5-10(12)8(2)7-9/h4-5,7H,3,6H2,1-2H3. The zero-order chi connectivity index (χ0) is 11.3. The second kappa shape index (κ2) is 5.34. The number of benzene rings is 1. The Morgan fingerprint density at radius 1 is 1.47 bits per heavy atom. The molecular weight excluding hydrogens is 199 g/mol. The summed E-state index contributed by atoms with van der Waals surface area (Å²) < 4.78 is 22.4. The molecule has 0 aromatic heterocycles. The first kappa shape index (κ1) is 11.5. The minimum absolute atomic E-state index is 0.287. The predicted octanol–water partition coefficient (Wildman–Crippen LogP) is 3.06. The molecule has 15 heavy (non-hydrogen) atoms. The van der Waals surface area contributed by atoms with Crippen molar-refractivity contribution in [2.45, 2.75) is 20.3 Å². The van der Waals surface area contributed by atoms with Gasteiger partial charge in [-0.1, -0.05) is 6.92 Å². The van der Waals surface area contributed by atoms with Gasteiger partial charge in [0.25, 0.3) is 0 Å². The van der Waals surface area contributed by atoms with Gasteiger partial charge < -0.3 is 9.47 Å². The van der Waals surface area contributed by atoms with Crippen molar-refractivity contribution in [2.75, 3.05) is 6.61 Å². The Bertz CT molecular complexity index is 350. The highest BCUT2D eigenvalue weighted by Gasteiger charge is 2.06. The van der Waals surface area contributed by atoms with Crippen LogP contribution in [0.2, 0.25) is 0 Å². The molecule has 4 heteroatoms. The molecule has 1 aromatic carbocycles. The third-order valence-electron chi connectivity index (χ3n) is 1.75. The van der Waals surface area contributed by atoms with Gasteiger partial charge in [-0.2, -0.15) is 0 Å². The topological polar surface area (TPSA) is 35.5 Å². The quantitative estimate of drug-likeness (QED) is 0.570. The number of hydrogen-bond acceptors (Lipinski definition) is 3. The van der Waals surface area contributed by atoms with Gasteiger partial charge in [0, 0.05) is 0 Å². The zero-order valence-corrected chi connectivity index (χ0v) is 8.75. The molecule has 0 atom stereocenters. The smallest absolute Gasteiger partial charge is 0.434 e. The van der Waals surface area contributed by atoms with Gasteiger partial charge in [0.2, 0.25) is 0 Å². The number of ether oxygens (including phenoxy) is 2. The Morgan fingerprint density at radius 2 is 2.20 bits per heavy atom. The minimum atomic E-state index is -0.761. The van der Waals surface area contributed by atoms with Gasteiger partial charge in [0.1, 0.15) is 11.6 Å². The summed E-state index contributed by atoms with van der Waals surface area (Å²) in [7, 11) is 0. The molecule has 0 aliphatic carbocycles. The minimum Gasteiger partial charge on any atom is -0.434 e. The summed E-state index contributed by atoms with van der Waals surface area (Å²) in [5, 5.41) is 0. The third kappa shape index (κ3) is 3.58. The molecule has 3 nitrogen and oxygen atoms in total. The van der Waals surface area contributed by atoms with E-state index in [9.17, 15) is 9.18 Å². The second-order valence-electron chi connectivity index (χ2n) is 3.11. The van der Waals surface area contributed by atoms with Crippen LogP contribution in [0.4, 0.5) is 9.18 Å². The van der Waals surface area contributed by atoms with Crippen molar-refractivity contribution in [3.63, 3.8) is 0 Å². The van der Waals surface area contributed by atoms with Gasteiger partial charge in [-0.05, 0) is 37.1 Å². The molecule has 1 rings (SSSR count). The summed E-state index contributed by atoms with van der Waals surface area (Å²) in [6.07, 6.45) is -0.0276. The van der Waals surface area contributed by atoms with E-state index in [2.05, 4.69) is 0 Å². The maximum Gasteiger partial charge on any atom is 0.513 e. The number of halogens is 1. The SMILES string of the molecule is CCCOC(=O)Oc1ccc(F)c(C)c1. The third-order valence-corrected chi connectivity index (χ3v) is 1.75. The van der Waals surface area contributed by atoms with Crippen LogP contribution in [0, 0.1) is 12.7 Å². The average Bonchev–Trinajstić information content (AvgIpc) is 2.20. The molecule has 1 aromatic rings. The lowest BCUT2D eigenvalue weighted by Gasteiger charge is -2.05. The molecule has 0 amide bonds. The van der Waals surface area contributed by atoms with E-state index in [0.29, 0.717) is 12.2 Å². The van der Waals surface area contributed by atoms with Crippen molar-refractivity contribution in [1.29, 1.82) is 0 Å². The monoisotopic (exact) mass is 212 g/mol. The van der Waals surface area contributed by atoms with E-state index >= 15 is 0 Å². The number of hydrogen-bond donors (Lipinski definition) is 0. The lowest BCUT2D eigenvalue weighted by Crippen LogP contribution is -2.11. The van der Waals surface area contributed by atoms with Crippen LogP contribution in [-0.2, 0) is 4.74 Å². The Balaban J connectivity index is 2.57. The summed E-state index contributed by atoms with van der Waals surface area (Å²) in [6.45, 7) is 3.80. The molecule has 0 unspecified atom stereocenters. The summed E-state index contributed by atoms with van der Waals surface area (Å²) in [4.78, 5) is 11.0. The highest BCUT2D eigenvalue weighted by Crippen LogP contribution is 2.16. The Morgan fingerprint density at radius 3 is 2.80 bits per heavy atom. The van der Waals surface area contributed by atoms with E-state index in [-0.39, 0.29) is 11.6 Å². The van der Waals surface area contributed by atoms with Crippen molar-refractivity contribution in [3.05, 3.63) is 29.6 Å². The molecular formula is C11H13FO3. The van der Waals surface area contributed by atoms with Gasteiger partial charge in [-0.25, -0.2) is 9.18 Å². The first-order valence-electron chi connectivity index (χ1n) is 4.74. The van der Waals surface area contributed by atoms with Gasteiger partial charge in [-0.3, -0.25) is 0 Å². The molecule has 0 heterocycles. The maximum atomic E-state index is 12.9. The van der Waals surface area contributed by atoms with Crippen LogP contribution in [0.1, 0.15) is 18.9 Å². The fourth-order valence-electron chi connectivity index (χ4n) is 0.992. The molecule has 0 radical (unpaired) electrons. The molecule has 0 saturated heterocycles. The van der Waals surface area contributed by atoms with E-state index in [1.807, 2.05) is 6.92 Å². The summed E-state index contributed by atoms with van der Waals surface area (Å²) in [6, 6.07) is 4.08. The predicted molar refractivity (Wildman–Crippen MR) is 53.4 cm³/mol. The number of aryl methyl sites for hydroxylation is 1. The normalized spacial score (nSPS) is 9.80. The van der Waals surface area contributed by atoms with Crippen LogP contribution in [0.5, 0.6) is 5.75 Å². The number of rotatable bonds is 3. The highest BCUT2D eigenvalue weighted by atomic mass is 19.1. The highest BCUT2D eigenvalue weighted by molar-refractivity contribution is 5.63. The fourth-order valence-corrected chi connectivity index (χ4v) is 0.992. The summed E-state index contributed by atoms with van der Waals surface area (Å²) >= 11 is 0. The van der Waals surface area contributed by atoms with Crippen molar-refractivity contribution in [2.24, 2.45) is 0 Å². The molecule has 0 bridgehead atoms. The van der Waals surface area contributed by atoms with Crippen LogP contribution in [0.25, 0.3) is 0 Å². The molecule has 0 N–H and O–H groups in total. The number of carbonyl (C=O) groups excluding carboxylic acids is 1. The maximum absolute atomic E-state index is 12.9. The zero-order valence-electron chi connectivity index (χ0n) is 8.75. The van der Waals surface area contributed by atoms with E-state index in [0.717, 1.165) is 6.42 Å². The van der Waals surface area contributed by atoms with Crippen molar-refractivity contribution >= 4 is 6.16 Å². The first-order valence-corrected chi connectivity index (χ1v) is 4.74. The van der Waals surface area contributed by atoms with Crippen LogP contribution in [0.3, 0.4) is 0 Å². The molecule has 0 aliphatic heterocycles. The Labute approximate surface area is 87.8 Å². The van der Waals surface area contributed by atoms with E-state index in [4.69, 9.17) is 9.47 Å². The second-order valence-corrected chi connectivity index (χ2v) is 3.11. The van der Waals surface area contributed by atoms with E-state index < -0.39 is 6.16 Å². The summed E-state index contributed by atoms with van der Waals surface area (Å²) in [5.41, 5.74) is 0.427. The lowest BCUT2D eigenvalue weighted by molar-refractivity contribution is 0.0991. The molecule has 0 saturated carbocycles. The molecule has 0 aliphatic rings. The van der Waals surface area contributed by atoms with Crippen LogP contribution >= 0.6 is 0 Å². The van der Waals surface area contributed by atoms with Crippen molar-refractivity contribution < 1.29 is 18.7 Å². The van der Waals surface area contributed by atoms with Gasteiger partial charge in [0.05, 0.1) is 6.61 Å². The largest absolute Gasteiger partial charge is 0.513 e. The average molecular weight is 212 g/mol. The van der Waals surface area contributed by atoms with Crippen LogP contribution in [-0.4, -0.2) is 12.8 Å². The van der Waals surface area contributed by atoms with Crippen molar-refractivity contribution in [3.8, 4) is 5.75 Å². The molecule has 0 fully saturated rings. The van der Waals surface area contributed by atoms with E-state index in [1.54, 1.807) is 6.92 Å². The van der Waals surface area contributed by atoms with Crippen LogP contribution in [0.15, 0.2) is 18.2 Å².